The molecule has 1 rings (SSSR count). The number of nitrogens with zero attached hydrogens (tertiary/aromatic N) is 1. The third kappa shape index (κ3) is 5.28. The van der Waals surface area contributed by atoms with Crippen LogP contribution in [0.3, 0.4) is 0 Å². The molecule has 0 aliphatic heterocycles. The van der Waals surface area contributed by atoms with Gasteiger partial charge in [0.1, 0.15) is 5.75 Å². The standard InChI is InChI=1S/C15H24ClNO/c1-4-17(5-2)10-6-7-11-18-14-8-9-15(16)13(3)12-14/h8-9,12H,4-7,10-11H2,1-3H3. The van der Waals surface area contributed by atoms with Crippen LogP contribution in [-0.4, -0.2) is 31.1 Å². The van der Waals surface area contributed by atoms with Crippen LogP contribution in [0.2, 0.25) is 5.02 Å². The Bertz CT molecular complexity index is 350. The number of aryl methyl sites for hydroxylation is 1. The zero-order valence-corrected chi connectivity index (χ0v) is 12.5. The molecule has 1 aromatic carbocycles. The fourth-order valence-corrected chi connectivity index (χ4v) is 1.99. The molecule has 2 nitrogen and oxygen atoms in total. The first-order valence-corrected chi connectivity index (χ1v) is 7.16. The van der Waals surface area contributed by atoms with E-state index in [4.69, 9.17) is 16.3 Å². The number of hydrogen-bond donors (Lipinski definition) is 0. The van der Waals surface area contributed by atoms with Gasteiger partial charge in [-0.2, -0.15) is 0 Å². The van der Waals surface area contributed by atoms with Gasteiger partial charge in [0.15, 0.2) is 0 Å². The average molecular weight is 270 g/mol. The zero-order valence-electron chi connectivity index (χ0n) is 11.7. The summed E-state index contributed by atoms with van der Waals surface area (Å²) in [6.45, 7) is 10.6. The predicted octanol–water partition coefficient (Wildman–Crippen LogP) is 4.15. The van der Waals surface area contributed by atoms with E-state index in [-0.39, 0.29) is 0 Å². The van der Waals surface area contributed by atoms with E-state index in [0.717, 1.165) is 49.0 Å². The summed E-state index contributed by atoms with van der Waals surface area (Å²) in [6, 6.07) is 5.81. The molecule has 0 bridgehead atoms. The monoisotopic (exact) mass is 269 g/mol. The molecular weight excluding hydrogens is 246 g/mol. The second-order valence-corrected chi connectivity index (χ2v) is 4.90. The summed E-state index contributed by atoms with van der Waals surface area (Å²) in [7, 11) is 0. The maximum absolute atomic E-state index is 5.97. The first-order valence-electron chi connectivity index (χ1n) is 6.78. The van der Waals surface area contributed by atoms with Gasteiger partial charge in [0.25, 0.3) is 0 Å². The van der Waals surface area contributed by atoms with Crippen molar-refractivity contribution in [2.24, 2.45) is 0 Å². The number of hydrogen-bond acceptors (Lipinski definition) is 2. The van der Waals surface area contributed by atoms with Crippen molar-refractivity contribution < 1.29 is 4.74 Å². The lowest BCUT2D eigenvalue weighted by Crippen LogP contribution is -2.24. The second-order valence-electron chi connectivity index (χ2n) is 4.49. The SMILES string of the molecule is CCN(CC)CCCCOc1ccc(Cl)c(C)c1. The van der Waals surface area contributed by atoms with Gasteiger partial charge in [-0.15, -0.1) is 0 Å². The van der Waals surface area contributed by atoms with Gasteiger partial charge in [-0.25, -0.2) is 0 Å². The van der Waals surface area contributed by atoms with Crippen LogP contribution in [-0.2, 0) is 0 Å². The molecule has 0 aliphatic carbocycles. The minimum Gasteiger partial charge on any atom is -0.494 e. The average Bonchev–Trinajstić information content (AvgIpc) is 2.38. The lowest BCUT2D eigenvalue weighted by atomic mass is 10.2. The van der Waals surface area contributed by atoms with Gasteiger partial charge in [0.2, 0.25) is 0 Å². The van der Waals surface area contributed by atoms with Gasteiger partial charge in [0, 0.05) is 5.02 Å². The molecule has 0 aliphatic rings. The van der Waals surface area contributed by atoms with Crippen molar-refractivity contribution in [1.82, 2.24) is 4.90 Å². The molecule has 0 atom stereocenters. The van der Waals surface area contributed by atoms with Crippen molar-refractivity contribution in [2.75, 3.05) is 26.2 Å². The van der Waals surface area contributed by atoms with Crippen LogP contribution in [0.1, 0.15) is 32.3 Å². The van der Waals surface area contributed by atoms with Crippen LogP contribution in [0.5, 0.6) is 5.75 Å². The van der Waals surface area contributed by atoms with Crippen LogP contribution in [0.25, 0.3) is 0 Å². The first-order chi connectivity index (χ1) is 8.67. The van der Waals surface area contributed by atoms with Crippen molar-refractivity contribution in [2.45, 2.75) is 33.6 Å². The molecule has 0 saturated heterocycles. The number of benzene rings is 1. The van der Waals surface area contributed by atoms with Crippen molar-refractivity contribution in [3.8, 4) is 5.75 Å². The van der Waals surface area contributed by atoms with Gasteiger partial charge < -0.3 is 9.64 Å². The van der Waals surface area contributed by atoms with Gasteiger partial charge in [-0.3, -0.25) is 0 Å². The van der Waals surface area contributed by atoms with E-state index in [1.54, 1.807) is 0 Å². The van der Waals surface area contributed by atoms with Crippen molar-refractivity contribution in [3.63, 3.8) is 0 Å². The van der Waals surface area contributed by atoms with Crippen LogP contribution in [0, 0.1) is 6.92 Å². The Morgan fingerprint density at radius 2 is 1.89 bits per heavy atom. The maximum Gasteiger partial charge on any atom is 0.119 e. The molecule has 1 aromatic rings. The van der Waals surface area contributed by atoms with Crippen molar-refractivity contribution in [1.29, 1.82) is 0 Å². The number of unbranched alkanes of at least 4 members (excludes halogenated alkanes) is 1. The fraction of sp³-hybridized carbons (Fsp3) is 0.600. The third-order valence-corrected chi connectivity index (χ3v) is 3.59. The quantitative estimate of drug-likeness (QED) is 0.658. The lowest BCUT2D eigenvalue weighted by Gasteiger charge is -2.17. The van der Waals surface area contributed by atoms with E-state index < -0.39 is 0 Å². The number of halogens is 1. The molecule has 0 amide bonds. The summed E-state index contributed by atoms with van der Waals surface area (Å²) in [5, 5.41) is 0.795. The largest absolute Gasteiger partial charge is 0.494 e. The molecule has 0 aromatic heterocycles. The molecule has 0 spiro atoms. The summed E-state index contributed by atoms with van der Waals surface area (Å²) in [5.74, 6) is 0.916. The zero-order chi connectivity index (χ0) is 13.4. The van der Waals surface area contributed by atoms with E-state index in [2.05, 4.69) is 18.7 Å². The van der Waals surface area contributed by atoms with Crippen LogP contribution in [0.4, 0.5) is 0 Å². The molecule has 102 valence electrons. The molecule has 0 radical (unpaired) electrons. The molecule has 0 saturated carbocycles. The highest BCUT2D eigenvalue weighted by Crippen LogP contribution is 2.21. The Labute approximate surface area is 116 Å². The molecule has 0 N–H and O–H groups in total. The molecular formula is C15H24ClNO. The molecule has 3 heteroatoms. The normalized spacial score (nSPS) is 10.9. The fourth-order valence-electron chi connectivity index (χ4n) is 1.87. The van der Waals surface area contributed by atoms with E-state index in [1.807, 2.05) is 25.1 Å². The Kier molecular flexibility index (Phi) is 7.14. The lowest BCUT2D eigenvalue weighted by molar-refractivity contribution is 0.266. The third-order valence-electron chi connectivity index (χ3n) is 3.16. The van der Waals surface area contributed by atoms with E-state index >= 15 is 0 Å². The highest BCUT2D eigenvalue weighted by Gasteiger charge is 2.00. The molecule has 18 heavy (non-hydrogen) atoms. The van der Waals surface area contributed by atoms with Crippen LogP contribution in [0.15, 0.2) is 18.2 Å². The summed E-state index contributed by atoms with van der Waals surface area (Å²) < 4.78 is 5.71. The topological polar surface area (TPSA) is 12.5 Å². The van der Waals surface area contributed by atoms with E-state index in [0.29, 0.717) is 0 Å². The Morgan fingerprint density at radius 3 is 2.50 bits per heavy atom. The first kappa shape index (κ1) is 15.3. The van der Waals surface area contributed by atoms with Gasteiger partial charge in [0.05, 0.1) is 6.61 Å². The van der Waals surface area contributed by atoms with Crippen LogP contribution < -0.4 is 4.74 Å². The van der Waals surface area contributed by atoms with Gasteiger partial charge >= 0.3 is 0 Å². The Morgan fingerprint density at radius 1 is 1.17 bits per heavy atom. The summed E-state index contributed by atoms with van der Waals surface area (Å²) in [5.41, 5.74) is 1.07. The van der Waals surface area contributed by atoms with E-state index in [9.17, 15) is 0 Å². The van der Waals surface area contributed by atoms with Crippen LogP contribution >= 0.6 is 11.6 Å². The second kappa shape index (κ2) is 8.39. The van der Waals surface area contributed by atoms with Gasteiger partial charge in [-0.05, 0) is 63.2 Å². The Hall–Kier alpha value is -0.730. The number of rotatable bonds is 8. The van der Waals surface area contributed by atoms with Crippen molar-refractivity contribution >= 4 is 11.6 Å². The molecule has 0 heterocycles. The minimum atomic E-state index is 0.780. The van der Waals surface area contributed by atoms with Crippen molar-refractivity contribution in [3.05, 3.63) is 28.8 Å². The highest BCUT2D eigenvalue weighted by molar-refractivity contribution is 6.31. The maximum atomic E-state index is 5.97. The Balaban J connectivity index is 2.19. The summed E-state index contributed by atoms with van der Waals surface area (Å²) in [4.78, 5) is 2.44. The molecule has 0 fully saturated rings. The predicted molar refractivity (Wildman–Crippen MR) is 78.7 cm³/mol. The summed E-state index contributed by atoms with van der Waals surface area (Å²) in [6.07, 6.45) is 2.28. The summed E-state index contributed by atoms with van der Waals surface area (Å²) >= 11 is 5.97. The highest BCUT2D eigenvalue weighted by atomic mass is 35.5. The van der Waals surface area contributed by atoms with E-state index in [1.165, 1.54) is 6.42 Å². The molecule has 0 unspecified atom stereocenters. The van der Waals surface area contributed by atoms with Gasteiger partial charge in [-0.1, -0.05) is 25.4 Å². The smallest absolute Gasteiger partial charge is 0.119 e. The minimum absolute atomic E-state index is 0.780. The number of ether oxygens (including phenoxy) is 1.